The van der Waals surface area contributed by atoms with Gasteiger partial charge in [-0.05, 0) is 24.1 Å². The van der Waals surface area contributed by atoms with Crippen LogP contribution in [0.15, 0.2) is 30.3 Å². The Labute approximate surface area is 121 Å². The lowest BCUT2D eigenvalue weighted by molar-refractivity contribution is 0.102. The van der Waals surface area contributed by atoms with Crippen LogP contribution in [-0.2, 0) is 13.0 Å². The molecular weight excluding hydrogens is 270 g/mol. The number of H-pyrrole nitrogens is 1. The fourth-order valence-electron chi connectivity index (χ4n) is 1.76. The molecule has 110 valence electrons. The van der Waals surface area contributed by atoms with Crippen molar-refractivity contribution in [1.82, 2.24) is 15.5 Å². The fraction of sp³-hybridized carbons (Fsp3) is 0.214. The zero-order chi connectivity index (χ0) is 15.2. The van der Waals surface area contributed by atoms with E-state index in [4.69, 9.17) is 5.73 Å². The van der Waals surface area contributed by atoms with E-state index in [-0.39, 0.29) is 5.91 Å². The summed E-state index contributed by atoms with van der Waals surface area (Å²) in [7, 11) is 0. The molecule has 0 saturated carbocycles. The first kappa shape index (κ1) is 14.6. The number of carbonyl (C=O) groups is 2. The maximum Gasteiger partial charge on any atom is 0.312 e. The molecule has 1 aromatic carbocycles. The number of nitrogens with two attached hydrogens (primary N) is 1. The minimum Gasteiger partial charge on any atom is -0.352 e. The highest BCUT2D eigenvalue weighted by molar-refractivity contribution is 6.03. The van der Waals surface area contributed by atoms with Gasteiger partial charge in [-0.2, -0.15) is 5.10 Å². The van der Waals surface area contributed by atoms with Crippen LogP contribution in [0.4, 0.5) is 10.6 Å². The maximum absolute atomic E-state index is 12.0. The van der Waals surface area contributed by atoms with Crippen LogP contribution in [-0.4, -0.2) is 22.1 Å². The van der Waals surface area contributed by atoms with Gasteiger partial charge in [-0.15, -0.1) is 0 Å². The van der Waals surface area contributed by atoms with Gasteiger partial charge in [0.1, 0.15) is 0 Å². The van der Waals surface area contributed by atoms with Gasteiger partial charge in [0.2, 0.25) is 0 Å². The fourth-order valence-corrected chi connectivity index (χ4v) is 1.76. The van der Waals surface area contributed by atoms with Gasteiger partial charge in [0.25, 0.3) is 5.91 Å². The van der Waals surface area contributed by atoms with E-state index in [9.17, 15) is 9.59 Å². The first-order valence-corrected chi connectivity index (χ1v) is 6.56. The van der Waals surface area contributed by atoms with Gasteiger partial charge < -0.3 is 16.4 Å². The Morgan fingerprint density at radius 1 is 1.29 bits per heavy atom. The van der Waals surface area contributed by atoms with Crippen LogP contribution in [0.25, 0.3) is 0 Å². The Hall–Kier alpha value is -2.83. The Kier molecular flexibility index (Phi) is 4.55. The summed E-state index contributed by atoms with van der Waals surface area (Å²) in [5.41, 5.74) is 7.32. The second kappa shape index (κ2) is 6.56. The highest BCUT2D eigenvalue weighted by Crippen LogP contribution is 2.10. The van der Waals surface area contributed by atoms with E-state index in [0.717, 1.165) is 17.7 Å². The second-order valence-corrected chi connectivity index (χ2v) is 4.50. The van der Waals surface area contributed by atoms with E-state index in [1.807, 2.05) is 6.92 Å². The van der Waals surface area contributed by atoms with Crippen molar-refractivity contribution >= 4 is 17.8 Å². The van der Waals surface area contributed by atoms with Gasteiger partial charge in [-0.1, -0.05) is 19.1 Å². The normalized spacial score (nSPS) is 10.1. The smallest absolute Gasteiger partial charge is 0.312 e. The van der Waals surface area contributed by atoms with Crippen molar-refractivity contribution in [2.24, 2.45) is 5.73 Å². The van der Waals surface area contributed by atoms with Crippen LogP contribution in [0.3, 0.4) is 0 Å². The number of carbonyl (C=O) groups excluding carboxylic acids is 2. The summed E-state index contributed by atoms with van der Waals surface area (Å²) >= 11 is 0. The van der Waals surface area contributed by atoms with Gasteiger partial charge in [-0.3, -0.25) is 9.89 Å². The number of primary amides is 1. The molecule has 0 aliphatic carbocycles. The van der Waals surface area contributed by atoms with E-state index in [1.165, 1.54) is 0 Å². The number of aromatic amines is 1. The molecule has 0 saturated heterocycles. The van der Waals surface area contributed by atoms with Crippen molar-refractivity contribution < 1.29 is 9.59 Å². The van der Waals surface area contributed by atoms with Gasteiger partial charge in [0, 0.05) is 23.9 Å². The molecule has 5 N–H and O–H groups in total. The SMILES string of the molecule is CCc1cc(NC(=O)c2ccc(CNC(N)=O)cc2)n[nH]1. The van der Waals surface area contributed by atoms with Gasteiger partial charge >= 0.3 is 6.03 Å². The molecular formula is C14H17N5O2. The maximum atomic E-state index is 12.0. The third-order valence-electron chi connectivity index (χ3n) is 2.94. The quantitative estimate of drug-likeness (QED) is 0.666. The van der Waals surface area contributed by atoms with E-state index in [0.29, 0.717) is 17.9 Å². The summed E-state index contributed by atoms with van der Waals surface area (Å²) in [6.45, 7) is 2.33. The zero-order valence-corrected chi connectivity index (χ0v) is 11.6. The topological polar surface area (TPSA) is 113 Å². The molecule has 0 unspecified atom stereocenters. The lowest BCUT2D eigenvalue weighted by Crippen LogP contribution is -2.28. The molecule has 21 heavy (non-hydrogen) atoms. The molecule has 7 nitrogen and oxygen atoms in total. The van der Waals surface area contributed by atoms with Crippen molar-refractivity contribution in [3.63, 3.8) is 0 Å². The standard InChI is InChI=1S/C14H17N5O2/c1-2-11-7-12(19-18-11)17-13(20)10-5-3-9(4-6-10)8-16-14(15)21/h3-7H,2,8H2,1H3,(H3,15,16,21)(H2,17,18,19,20). The first-order chi connectivity index (χ1) is 10.1. The highest BCUT2D eigenvalue weighted by Gasteiger charge is 2.08. The number of nitrogens with one attached hydrogen (secondary N) is 3. The Morgan fingerprint density at radius 2 is 2.00 bits per heavy atom. The predicted molar refractivity (Wildman–Crippen MR) is 78.8 cm³/mol. The number of benzene rings is 1. The Balaban J connectivity index is 1.97. The number of hydrogen-bond acceptors (Lipinski definition) is 3. The van der Waals surface area contributed by atoms with Gasteiger partial charge in [-0.25, -0.2) is 4.79 Å². The number of urea groups is 1. The average molecular weight is 287 g/mol. The number of nitrogens with zero attached hydrogens (tertiary/aromatic N) is 1. The summed E-state index contributed by atoms with van der Waals surface area (Å²) in [6.07, 6.45) is 0.824. The molecule has 0 aliphatic rings. The summed E-state index contributed by atoms with van der Waals surface area (Å²) in [5, 5.41) is 12.0. The van der Waals surface area contributed by atoms with Crippen LogP contribution in [0.1, 0.15) is 28.5 Å². The zero-order valence-electron chi connectivity index (χ0n) is 11.6. The average Bonchev–Trinajstić information content (AvgIpc) is 2.93. The van der Waals surface area contributed by atoms with Crippen molar-refractivity contribution in [1.29, 1.82) is 0 Å². The molecule has 7 heteroatoms. The van der Waals surface area contributed by atoms with E-state index < -0.39 is 6.03 Å². The van der Waals surface area contributed by atoms with Crippen molar-refractivity contribution in [3.8, 4) is 0 Å². The van der Waals surface area contributed by atoms with Gasteiger partial charge in [0.15, 0.2) is 5.82 Å². The van der Waals surface area contributed by atoms with E-state index in [1.54, 1.807) is 30.3 Å². The Bertz CT molecular complexity index is 633. The molecule has 2 aromatic rings. The molecule has 0 spiro atoms. The predicted octanol–water partition coefficient (Wildman–Crippen LogP) is 1.39. The van der Waals surface area contributed by atoms with E-state index in [2.05, 4.69) is 20.8 Å². The molecule has 1 aromatic heterocycles. The number of amides is 3. The Morgan fingerprint density at radius 3 is 2.57 bits per heavy atom. The van der Waals surface area contributed by atoms with Gasteiger partial charge in [0.05, 0.1) is 0 Å². The van der Waals surface area contributed by atoms with Crippen LogP contribution in [0.5, 0.6) is 0 Å². The third kappa shape index (κ3) is 4.07. The third-order valence-corrected chi connectivity index (χ3v) is 2.94. The molecule has 2 rings (SSSR count). The number of hydrogen-bond donors (Lipinski definition) is 4. The van der Waals surface area contributed by atoms with Crippen molar-refractivity contribution in [2.45, 2.75) is 19.9 Å². The number of anilines is 1. The number of aromatic nitrogens is 2. The van der Waals surface area contributed by atoms with Crippen LogP contribution < -0.4 is 16.4 Å². The van der Waals surface area contributed by atoms with Crippen LogP contribution in [0.2, 0.25) is 0 Å². The van der Waals surface area contributed by atoms with Crippen molar-refractivity contribution in [2.75, 3.05) is 5.32 Å². The summed E-state index contributed by atoms with van der Waals surface area (Å²) in [5.74, 6) is 0.259. The number of aryl methyl sites for hydroxylation is 1. The second-order valence-electron chi connectivity index (χ2n) is 4.50. The number of rotatable bonds is 5. The molecule has 0 radical (unpaired) electrons. The van der Waals surface area contributed by atoms with E-state index >= 15 is 0 Å². The molecule has 1 heterocycles. The first-order valence-electron chi connectivity index (χ1n) is 6.56. The van der Waals surface area contributed by atoms with Crippen molar-refractivity contribution in [3.05, 3.63) is 47.2 Å². The molecule has 0 fully saturated rings. The lowest BCUT2D eigenvalue weighted by atomic mass is 10.1. The summed E-state index contributed by atoms with van der Waals surface area (Å²) < 4.78 is 0. The monoisotopic (exact) mass is 287 g/mol. The summed E-state index contributed by atoms with van der Waals surface area (Å²) in [4.78, 5) is 22.6. The molecule has 0 aliphatic heterocycles. The molecule has 0 bridgehead atoms. The molecule has 0 atom stereocenters. The highest BCUT2D eigenvalue weighted by atomic mass is 16.2. The lowest BCUT2D eigenvalue weighted by Gasteiger charge is -2.04. The minimum atomic E-state index is -0.581. The molecule has 3 amide bonds. The van der Waals surface area contributed by atoms with Crippen LogP contribution in [0, 0.1) is 0 Å². The van der Waals surface area contributed by atoms with Crippen LogP contribution >= 0.6 is 0 Å². The largest absolute Gasteiger partial charge is 0.352 e. The summed E-state index contributed by atoms with van der Waals surface area (Å²) in [6, 6.07) is 8.09. The minimum absolute atomic E-state index is 0.237.